The second-order valence-electron chi connectivity index (χ2n) is 5.90. The number of aromatic nitrogens is 1. The van der Waals surface area contributed by atoms with Gasteiger partial charge in [0.15, 0.2) is 5.96 Å². The monoisotopic (exact) mass is 327 g/mol. The van der Waals surface area contributed by atoms with Crippen LogP contribution in [-0.2, 0) is 6.54 Å². The molecular formula is C18H22FN5. The number of aliphatic imine (C=N–C) groups is 1. The highest BCUT2D eigenvalue weighted by Crippen LogP contribution is 2.16. The number of nitrogens with two attached hydrogens (primary N) is 1. The Balaban J connectivity index is 1.55. The molecule has 1 aromatic carbocycles. The van der Waals surface area contributed by atoms with Crippen LogP contribution in [0.2, 0.25) is 0 Å². The third-order valence-corrected chi connectivity index (χ3v) is 4.14. The van der Waals surface area contributed by atoms with Crippen molar-refractivity contribution < 1.29 is 4.39 Å². The molecule has 2 aromatic rings. The molecule has 0 saturated carbocycles. The average Bonchev–Trinajstić information content (AvgIpc) is 2.61. The molecule has 3 rings (SSSR count). The van der Waals surface area contributed by atoms with E-state index in [1.165, 1.54) is 12.1 Å². The summed E-state index contributed by atoms with van der Waals surface area (Å²) in [6, 6.07) is 12.5. The lowest BCUT2D eigenvalue weighted by atomic mass is 10.2. The number of pyridine rings is 1. The quantitative estimate of drug-likeness (QED) is 0.693. The lowest BCUT2D eigenvalue weighted by Crippen LogP contribution is -2.51. The molecule has 24 heavy (non-hydrogen) atoms. The van der Waals surface area contributed by atoms with Gasteiger partial charge in [0.25, 0.3) is 0 Å². The zero-order valence-electron chi connectivity index (χ0n) is 13.8. The van der Waals surface area contributed by atoms with E-state index in [0.29, 0.717) is 12.5 Å². The molecule has 0 radical (unpaired) electrons. The number of guanidine groups is 1. The predicted molar refractivity (Wildman–Crippen MR) is 94.5 cm³/mol. The number of benzene rings is 1. The number of hydrogen-bond acceptors (Lipinski definition) is 3. The summed E-state index contributed by atoms with van der Waals surface area (Å²) in [5.74, 6) is 0.343. The lowest BCUT2D eigenvalue weighted by Gasteiger charge is -2.36. The molecule has 1 aromatic heterocycles. The number of anilines is 1. The third-order valence-electron chi connectivity index (χ3n) is 4.14. The van der Waals surface area contributed by atoms with E-state index < -0.39 is 0 Å². The second-order valence-corrected chi connectivity index (χ2v) is 5.90. The number of halogens is 1. The van der Waals surface area contributed by atoms with Crippen LogP contribution >= 0.6 is 0 Å². The van der Waals surface area contributed by atoms with E-state index >= 15 is 0 Å². The summed E-state index contributed by atoms with van der Waals surface area (Å²) in [6.07, 6.45) is 0. The molecule has 0 unspecified atom stereocenters. The fraction of sp³-hybridized carbons (Fsp3) is 0.333. The largest absolute Gasteiger partial charge is 0.370 e. The molecule has 1 saturated heterocycles. The number of piperazine rings is 1. The zero-order chi connectivity index (χ0) is 16.9. The van der Waals surface area contributed by atoms with Gasteiger partial charge < -0.3 is 15.5 Å². The first-order valence-electron chi connectivity index (χ1n) is 8.10. The predicted octanol–water partition coefficient (Wildman–Crippen LogP) is 2.17. The third kappa shape index (κ3) is 4.01. The Morgan fingerprint density at radius 3 is 2.50 bits per heavy atom. The fourth-order valence-electron chi connectivity index (χ4n) is 2.80. The average molecular weight is 327 g/mol. The maximum atomic E-state index is 13.0. The minimum atomic E-state index is -0.210. The maximum Gasteiger partial charge on any atom is 0.191 e. The van der Waals surface area contributed by atoms with Crippen LogP contribution in [0.3, 0.4) is 0 Å². The summed E-state index contributed by atoms with van der Waals surface area (Å²) in [6.45, 7) is 5.73. The highest BCUT2D eigenvalue weighted by molar-refractivity contribution is 5.78. The van der Waals surface area contributed by atoms with Crippen molar-refractivity contribution in [2.24, 2.45) is 10.7 Å². The Morgan fingerprint density at radius 1 is 1.12 bits per heavy atom. The molecule has 126 valence electrons. The van der Waals surface area contributed by atoms with Gasteiger partial charge >= 0.3 is 0 Å². The van der Waals surface area contributed by atoms with Crippen LogP contribution in [-0.4, -0.2) is 42.0 Å². The van der Waals surface area contributed by atoms with E-state index in [0.717, 1.165) is 43.3 Å². The Labute approximate surface area is 141 Å². The van der Waals surface area contributed by atoms with E-state index in [1.807, 2.05) is 37.3 Å². The number of aryl methyl sites for hydroxylation is 1. The Kier molecular flexibility index (Phi) is 4.93. The van der Waals surface area contributed by atoms with E-state index in [9.17, 15) is 4.39 Å². The molecule has 6 heteroatoms. The van der Waals surface area contributed by atoms with Crippen molar-refractivity contribution in [3.8, 4) is 0 Å². The molecule has 0 amide bonds. The normalized spacial score (nSPS) is 15.7. The van der Waals surface area contributed by atoms with Gasteiger partial charge in [0, 0.05) is 37.6 Å². The van der Waals surface area contributed by atoms with Crippen molar-refractivity contribution in [3.05, 3.63) is 59.7 Å². The number of hydrogen-bond donors (Lipinski definition) is 1. The van der Waals surface area contributed by atoms with E-state index in [2.05, 4.69) is 19.8 Å². The molecule has 0 spiro atoms. The van der Waals surface area contributed by atoms with Crippen LogP contribution in [0.25, 0.3) is 0 Å². The molecule has 1 aliphatic heterocycles. The topological polar surface area (TPSA) is 57.8 Å². The summed E-state index contributed by atoms with van der Waals surface area (Å²) in [4.78, 5) is 13.2. The van der Waals surface area contributed by atoms with Gasteiger partial charge in [0.1, 0.15) is 5.82 Å². The minimum Gasteiger partial charge on any atom is -0.370 e. The molecule has 5 nitrogen and oxygen atoms in total. The zero-order valence-corrected chi connectivity index (χ0v) is 13.8. The van der Waals surface area contributed by atoms with Crippen molar-refractivity contribution in [1.82, 2.24) is 9.88 Å². The van der Waals surface area contributed by atoms with E-state index in [1.54, 1.807) is 0 Å². The molecule has 0 aliphatic carbocycles. The van der Waals surface area contributed by atoms with Gasteiger partial charge in [0.2, 0.25) is 0 Å². The van der Waals surface area contributed by atoms with Crippen LogP contribution in [0.15, 0.2) is 47.5 Å². The Morgan fingerprint density at radius 2 is 1.83 bits per heavy atom. The first-order chi connectivity index (χ1) is 11.6. The van der Waals surface area contributed by atoms with Crippen LogP contribution in [0.5, 0.6) is 0 Å². The lowest BCUT2D eigenvalue weighted by molar-refractivity contribution is 0.380. The summed E-state index contributed by atoms with van der Waals surface area (Å²) in [5.41, 5.74) is 9.06. The van der Waals surface area contributed by atoms with Crippen molar-refractivity contribution in [3.63, 3.8) is 0 Å². The maximum absolute atomic E-state index is 13.0. The van der Waals surface area contributed by atoms with Gasteiger partial charge in [-0.15, -0.1) is 0 Å². The van der Waals surface area contributed by atoms with E-state index in [4.69, 9.17) is 5.73 Å². The molecular weight excluding hydrogens is 305 g/mol. The summed E-state index contributed by atoms with van der Waals surface area (Å²) < 4.78 is 13.0. The van der Waals surface area contributed by atoms with E-state index in [-0.39, 0.29) is 5.82 Å². The molecule has 2 heterocycles. The van der Waals surface area contributed by atoms with Crippen molar-refractivity contribution in [2.45, 2.75) is 13.5 Å². The molecule has 1 fully saturated rings. The second kappa shape index (κ2) is 7.29. The first kappa shape index (κ1) is 16.2. The van der Waals surface area contributed by atoms with Gasteiger partial charge in [-0.25, -0.2) is 9.38 Å². The van der Waals surface area contributed by atoms with Crippen LogP contribution < -0.4 is 10.6 Å². The standard InChI is InChI=1S/C18H22FN5/c1-14-3-2-4-16(22-14)13-21-18(20)24-11-9-23(10-12-24)17-7-5-15(19)6-8-17/h2-8H,9-13H2,1H3,(H2,20,21). The first-order valence-corrected chi connectivity index (χ1v) is 8.10. The van der Waals surface area contributed by atoms with Crippen LogP contribution in [0.4, 0.5) is 10.1 Å². The smallest absolute Gasteiger partial charge is 0.191 e. The Hall–Kier alpha value is -2.63. The molecule has 0 atom stereocenters. The van der Waals surface area contributed by atoms with Gasteiger partial charge in [-0.3, -0.25) is 4.98 Å². The van der Waals surface area contributed by atoms with Gasteiger partial charge in [-0.05, 0) is 43.3 Å². The van der Waals surface area contributed by atoms with Crippen LogP contribution in [0.1, 0.15) is 11.4 Å². The number of rotatable bonds is 3. The summed E-state index contributed by atoms with van der Waals surface area (Å²) >= 11 is 0. The van der Waals surface area contributed by atoms with Crippen molar-refractivity contribution >= 4 is 11.6 Å². The Bertz CT molecular complexity index is 706. The molecule has 2 N–H and O–H groups in total. The van der Waals surface area contributed by atoms with Crippen LogP contribution in [0, 0.1) is 12.7 Å². The SMILES string of the molecule is Cc1cccc(CN=C(N)N2CCN(c3ccc(F)cc3)CC2)n1. The number of nitrogens with zero attached hydrogens (tertiary/aromatic N) is 4. The van der Waals surface area contributed by atoms with Gasteiger partial charge in [-0.1, -0.05) is 6.07 Å². The van der Waals surface area contributed by atoms with Crippen molar-refractivity contribution in [2.75, 3.05) is 31.1 Å². The fourth-order valence-corrected chi connectivity index (χ4v) is 2.80. The highest BCUT2D eigenvalue weighted by Gasteiger charge is 2.18. The minimum absolute atomic E-state index is 0.210. The van der Waals surface area contributed by atoms with Gasteiger partial charge in [0.05, 0.1) is 12.2 Å². The molecule has 1 aliphatic rings. The summed E-state index contributed by atoms with van der Waals surface area (Å²) in [5, 5.41) is 0. The van der Waals surface area contributed by atoms with Gasteiger partial charge in [-0.2, -0.15) is 0 Å². The van der Waals surface area contributed by atoms with Crippen molar-refractivity contribution in [1.29, 1.82) is 0 Å². The summed E-state index contributed by atoms with van der Waals surface area (Å²) in [7, 11) is 0. The highest BCUT2D eigenvalue weighted by atomic mass is 19.1. The molecule has 0 bridgehead atoms.